The maximum Gasteiger partial charge on any atom is 0.251 e. The number of fused-ring (bicyclic) bond motifs is 1. The first-order chi connectivity index (χ1) is 17.3. The van der Waals surface area contributed by atoms with Crippen molar-refractivity contribution < 1.29 is 4.79 Å². The van der Waals surface area contributed by atoms with Crippen molar-refractivity contribution in [3.63, 3.8) is 0 Å². The molecule has 0 atom stereocenters. The highest BCUT2D eigenvalue weighted by Gasteiger charge is 2.32. The normalized spacial score (nSPS) is 16.5. The lowest BCUT2D eigenvalue weighted by Gasteiger charge is -2.33. The van der Waals surface area contributed by atoms with E-state index >= 15 is 0 Å². The Balaban J connectivity index is 1.28. The van der Waals surface area contributed by atoms with Gasteiger partial charge >= 0.3 is 0 Å². The number of nitrogens with one attached hydrogen (secondary N) is 2. The number of amides is 1. The van der Waals surface area contributed by atoms with Crippen LogP contribution in [0, 0.1) is 6.92 Å². The second-order valence-corrected chi connectivity index (χ2v) is 10.5. The van der Waals surface area contributed by atoms with Gasteiger partial charge < -0.3 is 15.2 Å². The van der Waals surface area contributed by atoms with Gasteiger partial charge in [-0.25, -0.2) is 9.67 Å². The Bertz CT molecular complexity index is 1460. The Labute approximate surface area is 210 Å². The Kier molecular flexibility index (Phi) is 5.21. The smallest absolute Gasteiger partial charge is 0.251 e. The Morgan fingerprint density at radius 3 is 2.67 bits per heavy atom. The van der Waals surface area contributed by atoms with E-state index in [1.54, 1.807) is 0 Å². The summed E-state index contributed by atoms with van der Waals surface area (Å²) in [6, 6.07) is 12.3. The second kappa shape index (κ2) is 8.33. The monoisotopic (exact) mass is 481 g/mol. The largest absolute Gasteiger partial charge is 0.351 e. The molecule has 8 heteroatoms. The van der Waals surface area contributed by atoms with E-state index in [2.05, 4.69) is 77.5 Å². The number of carbonyl (C=O) groups excluding carboxylic acids is 1. The quantitative estimate of drug-likeness (QED) is 0.400. The van der Waals surface area contributed by atoms with E-state index in [4.69, 9.17) is 10.1 Å². The van der Waals surface area contributed by atoms with Crippen LogP contribution in [-0.2, 0) is 12.0 Å². The average Bonchev–Trinajstić information content (AvgIpc) is 3.45. The van der Waals surface area contributed by atoms with Crippen LogP contribution in [0.2, 0.25) is 0 Å². The van der Waals surface area contributed by atoms with Crippen molar-refractivity contribution in [2.24, 2.45) is 0 Å². The summed E-state index contributed by atoms with van der Waals surface area (Å²) in [6.07, 6.45) is 6.51. The number of aryl methyl sites for hydroxylation is 2. The van der Waals surface area contributed by atoms with Crippen molar-refractivity contribution in [2.75, 3.05) is 11.9 Å². The number of aromatic nitrogens is 5. The molecule has 184 valence electrons. The van der Waals surface area contributed by atoms with Gasteiger partial charge in [0.05, 0.1) is 12.0 Å². The third kappa shape index (κ3) is 3.96. The van der Waals surface area contributed by atoms with Crippen molar-refractivity contribution in [3.05, 3.63) is 71.3 Å². The molecule has 8 nitrogen and oxygen atoms in total. The van der Waals surface area contributed by atoms with Crippen molar-refractivity contribution in [1.82, 2.24) is 29.6 Å². The fraction of sp³-hybridized carbons (Fsp3) is 0.357. The summed E-state index contributed by atoms with van der Waals surface area (Å²) in [5.41, 5.74) is 6.78. The topological polar surface area (TPSA) is 89.7 Å². The first-order valence-corrected chi connectivity index (χ1v) is 12.6. The fourth-order valence-electron chi connectivity index (χ4n) is 4.83. The van der Waals surface area contributed by atoms with Crippen LogP contribution in [0.4, 0.5) is 11.6 Å². The zero-order chi connectivity index (χ0) is 25.0. The summed E-state index contributed by atoms with van der Waals surface area (Å²) in [6.45, 7) is 9.66. The summed E-state index contributed by atoms with van der Waals surface area (Å²) in [7, 11) is 0. The van der Waals surface area contributed by atoms with E-state index < -0.39 is 0 Å². The number of rotatable bonds is 6. The van der Waals surface area contributed by atoms with Gasteiger partial charge in [-0.1, -0.05) is 13.8 Å². The van der Waals surface area contributed by atoms with Gasteiger partial charge in [-0.15, -0.1) is 5.10 Å². The van der Waals surface area contributed by atoms with Crippen molar-refractivity contribution in [1.29, 1.82) is 0 Å². The van der Waals surface area contributed by atoms with Gasteiger partial charge in [0.1, 0.15) is 0 Å². The predicted octanol–water partition coefficient (Wildman–Crippen LogP) is 5.10. The molecule has 2 aromatic heterocycles. The third-order valence-corrected chi connectivity index (χ3v) is 7.27. The van der Waals surface area contributed by atoms with Gasteiger partial charge in [-0.2, -0.15) is 4.98 Å². The number of imidazole rings is 1. The maximum absolute atomic E-state index is 12.4. The first kappa shape index (κ1) is 22.5. The van der Waals surface area contributed by atoms with Gasteiger partial charge in [0.2, 0.25) is 5.95 Å². The molecule has 0 bridgehead atoms. The van der Waals surface area contributed by atoms with E-state index in [0.717, 1.165) is 33.6 Å². The summed E-state index contributed by atoms with van der Waals surface area (Å²) in [5.74, 6) is 1.98. The number of carbonyl (C=O) groups is 1. The van der Waals surface area contributed by atoms with E-state index in [1.807, 2.05) is 24.0 Å². The fourth-order valence-corrected chi connectivity index (χ4v) is 4.83. The van der Waals surface area contributed by atoms with E-state index in [0.29, 0.717) is 30.8 Å². The minimum Gasteiger partial charge on any atom is -0.351 e. The standard InChI is InChI=1S/C28H31N7O/c1-5-35-27(31-23-13-22-21(12-17(23)2)26(36)29-15-28(22,3)4)32-25(33-35)19-8-10-20(11-9-19)34-14-24(30-16-34)18-6-7-18/h8-14,16,18H,5-7,15H2,1-4H3,(H,29,36)(H,31,32,33). The van der Waals surface area contributed by atoms with Gasteiger partial charge in [0.25, 0.3) is 5.91 Å². The highest BCUT2D eigenvalue weighted by atomic mass is 16.1. The highest BCUT2D eigenvalue weighted by Crippen LogP contribution is 2.39. The Hall–Kier alpha value is -3.94. The second-order valence-electron chi connectivity index (χ2n) is 10.5. The number of benzene rings is 2. The predicted molar refractivity (Wildman–Crippen MR) is 140 cm³/mol. The number of nitrogens with zero attached hydrogens (tertiary/aromatic N) is 5. The molecule has 1 saturated carbocycles. The minimum atomic E-state index is -0.145. The zero-order valence-electron chi connectivity index (χ0n) is 21.2. The molecule has 1 aliphatic carbocycles. The molecule has 2 aromatic carbocycles. The number of anilines is 2. The molecule has 0 unspecified atom stereocenters. The lowest BCUT2D eigenvalue weighted by atomic mass is 9.78. The molecule has 0 radical (unpaired) electrons. The van der Waals surface area contributed by atoms with Gasteiger partial charge in [0.15, 0.2) is 5.82 Å². The van der Waals surface area contributed by atoms with Crippen LogP contribution in [0.5, 0.6) is 0 Å². The lowest BCUT2D eigenvalue weighted by molar-refractivity contribution is 0.0930. The number of hydrogen-bond acceptors (Lipinski definition) is 5. The highest BCUT2D eigenvalue weighted by molar-refractivity contribution is 5.98. The van der Waals surface area contributed by atoms with Crippen LogP contribution >= 0.6 is 0 Å². The van der Waals surface area contributed by atoms with Crippen LogP contribution in [-0.4, -0.2) is 36.8 Å². The molecule has 2 aliphatic rings. The molecule has 1 fully saturated rings. The summed E-state index contributed by atoms with van der Waals surface area (Å²) >= 11 is 0. The van der Waals surface area contributed by atoms with Crippen molar-refractivity contribution >= 4 is 17.5 Å². The van der Waals surface area contributed by atoms with Gasteiger partial charge in [0, 0.05) is 53.1 Å². The Morgan fingerprint density at radius 2 is 1.94 bits per heavy atom. The SMILES string of the molecule is CCn1nc(-c2ccc(-n3cnc(C4CC4)c3)cc2)nc1Nc1cc2c(cc1C)C(=O)NCC2(C)C. The molecular formula is C28H31N7O. The zero-order valence-corrected chi connectivity index (χ0v) is 21.2. The van der Waals surface area contributed by atoms with Gasteiger partial charge in [-0.05, 0) is 74.2 Å². The van der Waals surface area contributed by atoms with Gasteiger partial charge in [-0.3, -0.25) is 4.79 Å². The molecule has 1 amide bonds. The summed E-state index contributed by atoms with van der Waals surface area (Å²) in [5, 5.41) is 11.2. The van der Waals surface area contributed by atoms with Crippen LogP contribution < -0.4 is 10.6 Å². The summed E-state index contributed by atoms with van der Waals surface area (Å²) in [4.78, 5) is 21.8. The molecular weight excluding hydrogens is 450 g/mol. The van der Waals surface area contributed by atoms with Crippen LogP contribution in [0.3, 0.4) is 0 Å². The molecule has 4 aromatic rings. The molecule has 6 rings (SSSR count). The summed E-state index contributed by atoms with van der Waals surface area (Å²) < 4.78 is 3.95. The molecule has 36 heavy (non-hydrogen) atoms. The maximum atomic E-state index is 12.4. The number of hydrogen-bond donors (Lipinski definition) is 2. The minimum absolute atomic E-state index is 0.0131. The van der Waals surface area contributed by atoms with Crippen LogP contribution in [0.15, 0.2) is 48.9 Å². The molecule has 0 spiro atoms. The molecule has 2 N–H and O–H groups in total. The molecule has 0 saturated heterocycles. The van der Waals surface area contributed by atoms with Crippen molar-refractivity contribution in [2.45, 2.75) is 58.4 Å². The van der Waals surface area contributed by atoms with Crippen LogP contribution in [0.1, 0.15) is 66.7 Å². The van der Waals surface area contributed by atoms with Crippen molar-refractivity contribution in [3.8, 4) is 17.1 Å². The molecule has 1 aliphatic heterocycles. The first-order valence-electron chi connectivity index (χ1n) is 12.6. The molecule has 3 heterocycles. The lowest BCUT2D eigenvalue weighted by Crippen LogP contribution is -2.43. The average molecular weight is 482 g/mol. The van der Waals surface area contributed by atoms with E-state index in [1.165, 1.54) is 18.5 Å². The van der Waals surface area contributed by atoms with Crippen LogP contribution in [0.25, 0.3) is 17.1 Å². The third-order valence-electron chi connectivity index (χ3n) is 7.27. The van der Waals surface area contributed by atoms with E-state index in [-0.39, 0.29) is 11.3 Å². The van der Waals surface area contributed by atoms with E-state index in [9.17, 15) is 4.79 Å². The Morgan fingerprint density at radius 1 is 1.17 bits per heavy atom.